The predicted molar refractivity (Wildman–Crippen MR) is 149 cm³/mol. The van der Waals surface area contributed by atoms with E-state index in [4.69, 9.17) is 52.1 Å². The first-order valence-electron chi connectivity index (χ1n) is 14.1. The molecular weight excluding hydrogens is 528 g/mol. The molecule has 238 valence electrons. The van der Waals surface area contributed by atoms with Gasteiger partial charge in [0.15, 0.2) is 0 Å². The van der Waals surface area contributed by atoms with Crippen LogP contribution in [0.4, 0.5) is 0 Å². The van der Waals surface area contributed by atoms with Crippen LogP contribution >= 0.6 is 0 Å². The molecule has 0 unspecified atom stereocenters. The third kappa shape index (κ3) is 34.8. The lowest BCUT2D eigenvalue weighted by Gasteiger charge is -2.19. The maximum Gasteiger partial charge on any atom is 0.308 e. The fourth-order valence-corrected chi connectivity index (χ4v) is 2.69. The Balaban J connectivity index is 3.09. The standard InChI is InChI=1S/C28H54O12/c1-5-7-30-9-11-32-13-15-34-17-19-36-21-23-38-25-26-39-24-22-37-20-18-35-16-14-33-12-10-31-8-6-27(29)40-28(2,3)4/h5H,1,6-26H2,2-4H3. The zero-order valence-corrected chi connectivity index (χ0v) is 25.0. The Labute approximate surface area is 240 Å². The van der Waals surface area contributed by atoms with Crippen LogP contribution in [0.1, 0.15) is 27.2 Å². The van der Waals surface area contributed by atoms with Crippen LogP contribution in [0.15, 0.2) is 12.7 Å². The Morgan fingerprint density at radius 1 is 0.475 bits per heavy atom. The van der Waals surface area contributed by atoms with Gasteiger partial charge in [-0.1, -0.05) is 6.08 Å². The van der Waals surface area contributed by atoms with Crippen molar-refractivity contribution in [3.8, 4) is 0 Å². The molecule has 0 radical (unpaired) electrons. The molecule has 0 aliphatic heterocycles. The molecule has 0 atom stereocenters. The minimum atomic E-state index is -0.470. The highest BCUT2D eigenvalue weighted by atomic mass is 16.6. The Morgan fingerprint density at radius 3 is 0.975 bits per heavy atom. The van der Waals surface area contributed by atoms with Gasteiger partial charge in [0.2, 0.25) is 0 Å². The summed E-state index contributed by atoms with van der Waals surface area (Å²) in [7, 11) is 0. The smallest absolute Gasteiger partial charge is 0.308 e. The van der Waals surface area contributed by atoms with Crippen molar-refractivity contribution >= 4 is 5.97 Å². The molecule has 0 aromatic rings. The van der Waals surface area contributed by atoms with Crippen molar-refractivity contribution < 1.29 is 56.9 Å². The normalized spacial score (nSPS) is 11.7. The monoisotopic (exact) mass is 582 g/mol. The highest BCUT2D eigenvalue weighted by molar-refractivity contribution is 5.69. The van der Waals surface area contributed by atoms with E-state index >= 15 is 0 Å². The average Bonchev–Trinajstić information content (AvgIpc) is 2.90. The fourth-order valence-electron chi connectivity index (χ4n) is 2.69. The lowest BCUT2D eigenvalue weighted by atomic mass is 10.2. The first kappa shape index (κ1) is 38.8. The van der Waals surface area contributed by atoms with Gasteiger partial charge in [0.1, 0.15) is 5.60 Å². The summed E-state index contributed by atoms with van der Waals surface area (Å²) in [4.78, 5) is 11.5. The summed E-state index contributed by atoms with van der Waals surface area (Å²) >= 11 is 0. The van der Waals surface area contributed by atoms with Crippen molar-refractivity contribution in [2.24, 2.45) is 0 Å². The second-order valence-electron chi connectivity index (χ2n) is 9.21. The predicted octanol–water partition coefficient (Wildman–Crippen LogP) is 2.07. The molecular formula is C28H54O12. The topological polar surface area (TPSA) is 119 Å². The Hall–Kier alpha value is -1.19. The molecule has 0 fully saturated rings. The first-order chi connectivity index (χ1) is 19.5. The first-order valence-corrected chi connectivity index (χ1v) is 14.1. The van der Waals surface area contributed by atoms with Gasteiger partial charge in [0.25, 0.3) is 0 Å². The van der Waals surface area contributed by atoms with E-state index in [1.807, 2.05) is 20.8 Å². The van der Waals surface area contributed by atoms with Crippen LogP contribution in [0.25, 0.3) is 0 Å². The largest absolute Gasteiger partial charge is 0.460 e. The maximum absolute atomic E-state index is 11.5. The molecule has 0 saturated heterocycles. The molecule has 0 heterocycles. The van der Waals surface area contributed by atoms with Crippen molar-refractivity contribution in [3.63, 3.8) is 0 Å². The van der Waals surface area contributed by atoms with E-state index < -0.39 is 5.60 Å². The van der Waals surface area contributed by atoms with E-state index in [-0.39, 0.29) is 12.4 Å². The van der Waals surface area contributed by atoms with Crippen molar-refractivity contribution in [3.05, 3.63) is 12.7 Å². The van der Waals surface area contributed by atoms with Gasteiger partial charge in [-0.2, -0.15) is 0 Å². The van der Waals surface area contributed by atoms with Crippen molar-refractivity contribution in [2.45, 2.75) is 32.8 Å². The van der Waals surface area contributed by atoms with Crippen LogP contribution in [0.2, 0.25) is 0 Å². The van der Waals surface area contributed by atoms with Crippen LogP contribution in [-0.2, 0) is 56.9 Å². The van der Waals surface area contributed by atoms with E-state index in [9.17, 15) is 4.79 Å². The molecule has 0 aliphatic rings. The molecule has 12 nitrogen and oxygen atoms in total. The van der Waals surface area contributed by atoms with Gasteiger partial charge in [-0.25, -0.2) is 0 Å². The molecule has 40 heavy (non-hydrogen) atoms. The summed E-state index contributed by atoms with van der Waals surface area (Å²) in [6.07, 6.45) is 1.94. The lowest BCUT2D eigenvalue weighted by Crippen LogP contribution is -2.24. The number of carbonyl (C=O) groups excluding carboxylic acids is 1. The number of carbonyl (C=O) groups is 1. The van der Waals surface area contributed by atoms with Crippen molar-refractivity contribution in [2.75, 3.05) is 132 Å². The van der Waals surface area contributed by atoms with Gasteiger partial charge >= 0.3 is 5.97 Å². The minimum Gasteiger partial charge on any atom is -0.460 e. The highest BCUT2D eigenvalue weighted by Gasteiger charge is 2.15. The molecule has 0 rings (SSSR count). The van der Waals surface area contributed by atoms with E-state index in [2.05, 4.69) is 6.58 Å². The molecule has 0 N–H and O–H groups in total. The third-order valence-corrected chi connectivity index (χ3v) is 4.45. The summed E-state index contributed by atoms with van der Waals surface area (Å²) in [5.74, 6) is -0.263. The van der Waals surface area contributed by atoms with Crippen molar-refractivity contribution in [1.82, 2.24) is 0 Å². The van der Waals surface area contributed by atoms with E-state index in [0.717, 1.165) is 0 Å². The number of esters is 1. The summed E-state index contributed by atoms with van der Waals surface area (Å²) in [5, 5.41) is 0. The van der Waals surface area contributed by atoms with Crippen LogP contribution < -0.4 is 0 Å². The molecule has 12 heteroatoms. The summed E-state index contributed by atoms with van der Waals surface area (Å²) in [6, 6.07) is 0. The van der Waals surface area contributed by atoms with Gasteiger partial charge in [0.05, 0.1) is 139 Å². The second-order valence-corrected chi connectivity index (χ2v) is 9.21. The maximum atomic E-state index is 11.5. The second kappa shape index (κ2) is 30.8. The van der Waals surface area contributed by atoms with E-state index in [1.54, 1.807) is 6.08 Å². The SMILES string of the molecule is C=CCOCCOCCOCCOCCOCCOCCOCCOCCOCCOCCC(=O)OC(C)(C)C. The minimum absolute atomic E-state index is 0.234. The van der Waals surface area contributed by atoms with Gasteiger partial charge in [-0.15, -0.1) is 6.58 Å². The van der Waals surface area contributed by atoms with Crippen LogP contribution in [0.5, 0.6) is 0 Å². The zero-order valence-electron chi connectivity index (χ0n) is 25.0. The van der Waals surface area contributed by atoms with Crippen LogP contribution in [0, 0.1) is 0 Å². The molecule has 0 saturated carbocycles. The Bertz CT molecular complexity index is 542. The quantitative estimate of drug-likeness (QED) is 0.0656. The van der Waals surface area contributed by atoms with Gasteiger partial charge in [-0.05, 0) is 20.8 Å². The van der Waals surface area contributed by atoms with Gasteiger partial charge in [-0.3, -0.25) is 4.79 Å². The van der Waals surface area contributed by atoms with Crippen LogP contribution in [-0.4, -0.2) is 144 Å². The third-order valence-electron chi connectivity index (χ3n) is 4.45. The summed E-state index contributed by atoms with van der Waals surface area (Å²) < 4.78 is 59.2. The Morgan fingerprint density at radius 2 is 0.725 bits per heavy atom. The molecule has 0 bridgehead atoms. The van der Waals surface area contributed by atoms with Gasteiger partial charge in [0, 0.05) is 0 Å². The number of hydrogen-bond acceptors (Lipinski definition) is 12. The highest BCUT2D eigenvalue weighted by Crippen LogP contribution is 2.08. The van der Waals surface area contributed by atoms with Crippen molar-refractivity contribution in [1.29, 1.82) is 0 Å². The molecule has 0 aromatic carbocycles. The number of hydrogen-bond donors (Lipinski definition) is 0. The van der Waals surface area contributed by atoms with E-state index in [1.165, 1.54) is 0 Å². The molecule has 0 amide bonds. The molecule has 0 aliphatic carbocycles. The average molecular weight is 583 g/mol. The zero-order chi connectivity index (χ0) is 29.4. The summed E-state index contributed by atoms with van der Waals surface area (Å²) in [6.45, 7) is 19.0. The molecule has 0 spiro atoms. The van der Waals surface area contributed by atoms with E-state index in [0.29, 0.717) is 132 Å². The lowest BCUT2D eigenvalue weighted by molar-refractivity contribution is -0.156. The number of ether oxygens (including phenoxy) is 11. The Kier molecular flexibility index (Phi) is 29.8. The van der Waals surface area contributed by atoms with Gasteiger partial charge < -0.3 is 52.1 Å². The fraction of sp³-hybridized carbons (Fsp3) is 0.893. The number of rotatable bonds is 32. The molecule has 0 aromatic heterocycles. The summed E-state index contributed by atoms with van der Waals surface area (Å²) in [5.41, 5.74) is -0.470. The van der Waals surface area contributed by atoms with Crippen LogP contribution in [0.3, 0.4) is 0 Å².